The lowest BCUT2D eigenvalue weighted by atomic mass is 10.1. The third-order valence-corrected chi connectivity index (χ3v) is 5.16. The second-order valence-electron chi connectivity index (χ2n) is 7.32. The standard InChI is InChI=1S/C22H24FN5O2/c1-2-12-24-18(29)11-10-17-25-21(28-13-4-3-5-14-28)19-20(27-30-22(19)26-17)15-6-8-16(23)9-7-15/h2,6-9H,1,3-5,10-14H2,(H,24,29). The Balaban J connectivity index is 1.71. The molecule has 8 heteroatoms. The normalized spacial score (nSPS) is 14.1. The fraction of sp³-hybridized carbons (Fsp3) is 0.364. The molecule has 1 aliphatic rings. The van der Waals surface area contributed by atoms with Gasteiger partial charge >= 0.3 is 0 Å². The number of rotatable bonds is 7. The molecular formula is C22H24FN5O2. The van der Waals surface area contributed by atoms with E-state index in [0.717, 1.165) is 42.7 Å². The number of hydrogen-bond acceptors (Lipinski definition) is 6. The number of carbonyl (C=O) groups excluding carboxylic acids is 1. The van der Waals surface area contributed by atoms with Gasteiger partial charge in [-0.15, -0.1) is 6.58 Å². The molecule has 156 valence electrons. The van der Waals surface area contributed by atoms with Gasteiger partial charge in [-0.05, 0) is 43.5 Å². The van der Waals surface area contributed by atoms with E-state index in [1.165, 1.54) is 18.6 Å². The van der Waals surface area contributed by atoms with E-state index in [1.54, 1.807) is 18.2 Å². The number of carbonyl (C=O) groups is 1. The minimum absolute atomic E-state index is 0.0808. The van der Waals surface area contributed by atoms with Crippen molar-refractivity contribution in [3.63, 3.8) is 0 Å². The Labute approximate surface area is 174 Å². The molecule has 1 N–H and O–H groups in total. The molecule has 3 aromatic rings. The van der Waals surface area contributed by atoms with Gasteiger partial charge in [0, 0.05) is 38.0 Å². The second-order valence-corrected chi connectivity index (χ2v) is 7.32. The Hall–Kier alpha value is -3.29. The predicted molar refractivity (Wildman–Crippen MR) is 113 cm³/mol. The summed E-state index contributed by atoms with van der Waals surface area (Å²) in [7, 11) is 0. The quantitative estimate of drug-likeness (QED) is 0.600. The Kier molecular flexibility index (Phi) is 6.02. The average Bonchev–Trinajstić information content (AvgIpc) is 3.21. The topological polar surface area (TPSA) is 84.2 Å². The molecule has 0 unspecified atom stereocenters. The number of amides is 1. The zero-order valence-corrected chi connectivity index (χ0v) is 16.7. The van der Waals surface area contributed by atoms with E-state index in [4.69, 9.17) is 9.51 Å². The van der Waals surface area contributed by atoms with Crippen molar-refractivity contribution >= 4 is 22.8 Å². The minimum Gasteiger partial charge on any atom is -0.356 e. The largest absolute Gasteiger partial charge is 0.356 e. The van der Waals surface area contributed by atoms with Crippen LogP contribution in [0.25, 0.3) is 22.4 Å². The van der Waals surface area contributed by atoms with Gasteiger partial charge in [0.15, 0.2) is 0 Å². The SMILES string of the molecule is C=CCNC(=O)CCc1nc(N2CCCCC2)c2c(-c3ccc(F)cc3)noc2n1. The Morgan fingerprint density at radius 3 is 2.70 bits per heavy atom. The molecule has 0 spiro atoms. The van der Waals surface area contributed by atoms with Gasteiger partial charge in [-0.1, -0.05) is 11.2 Å². The molecule has 1 saturated heterocycles. The second kappa shape index (κ2) is 9.02. The van der Waals surface area contributed by atoms with Crippen LogP contribution in [0.1, 0.15) is 31.5 Å². The van der Waals surface area contributed by atoms with Crippen LogP contribution in [-0.4, -0.2) is 40.7 Å². The van der Waals surface area contributed by atoms with Crippen molar-refractivity contribution in [2.45, 2.75) is 32.1 Å². The van der Waals surface area contributed by atoms with Crippen molar-refractivity contribution in [1.29, 1.82) is 0 Å². The van der Waals surface area contributed by atoms with Crippen LogP contribution in [0.3, 0.4) is 0 Å². The first-order valence-electron chi connectivity index (χ1n) is 10.2. The van der Waals surface area contributed by atoms with Crippen LogP contribution in [0, 0.1) is 5.82 Å². The zero-order chi connectivity index (χ0) is 20.9. The molecule has 0 atom stereocenters. The smallest absolute Gasteiger partial charge is 0.263 e. The van der Waals surface area contributed by atoms with E-state index in [2.05, 4.69) is 26.9 Å². The van der Waals surface area contributed by atoms with Crippen molar-refractivity contribution in [3.05, 3.63) is 48.6 Å². The van der Waals surface area contributed by atoms with E-state index in [-0.39, 0.29) is 18.1 Å². The summed E-state index contributed by atoms with van der Waals surface area (Å²) in [6.07, 6.45) is 5.67. The van der Waals surface area contributed by atoms with Crippen LogP contribution in [-0.2, 0) is 11.2 Å². The number of hydrogen-bond donors (Lipinski definition) is 1. The van der Waals surface area contributed by atoms with Gasteiger partial charge in [0.25, 0.3) is 5.71 Å². The highest BCUT2D eigenvalue weighted by molar-refractivity contribution is 5.98. The van der Waals surface area contributed by atoms with Gasteiger partial charge in [0.2, 0.25) is 5.91 Å². The number of piperidine rings is 1. The maximum absolute atomic E-state index is 13.4. The maximum atomic E-state index is 13.4. The highest BCUT2D eigenvalue weighted by atomic mass is 19.1. The van der Waals surface area contributed by atoms with Crippen molar-refractivity contribution in [1.82, 2.24) is 20.4 Å². The fourth-order valence-corrected chi connectivity index (χ4v) is 3.63. The Bertz CT molecular complexity index is 1040. The van der Waals surface area contributed by atoms with Crippen molar-refractivity contribution in [2.24, 2.45) is 0 Å². The molecule has 2 aromatic heterocycles. The van der Waals surface area contributed by atoms with Crippen LogP contribution in [0.4, 0.5) is 10.2 Å². The molecule has 0 bridgehead atoms. The number of aromatic nitrogens is 3. The lowest BCUT2D eigenvalue weighted by Gasteiger charge is -2.28. The number of aryl methyl sites for hydroxylation is 1. The van der Waals surface area contributed by atoms with E-state index in [1.807, 2.05) is 0 Å². The third-order valence-electron chi connectivity index (χ3n) is 5.16. The number of nitrogens with one attached hydrogen (secondary N) is 1. The molecule has 1 amide bonds. The van der Waals surface area contributed by atoms with Crippen LogP contribution in [0.2, 0.25) is 0 Å². The molecule has 1 aromatic carbocycles. The summed E-state index contributed by atoms with van der Waals surface area (Å²) in [4.78, 5) is 23.5. The summed E-state index contributed by atoms with van der Waals surface area (Å²) < 4.78 is 18.9. The van der Waals surface area contributed by atoms with Gasteiger partial charge in [-0.3, -0.25) is 4.79 Å². The number of anilines is 1. The zero-order valence-electron chi connectivity index (χ0n) is 16.7. The van der Waals surface area contributed by atoms with E-state index >= 15 is 0 Å². The lowest BCUT2D eigenvalue weighted by molar-refractivity contribution is -0.120. The van der Waals surface area contributed by atoms with Crippen LogP contribution >= 0.6 is 0 Å². The van der Waals surface area contributed by atoms with Crippen LogP contribution in [0.15, 0.2) is 41.4 Å². The fourth-order valence-electron chi connectivity index (χ4n) is 3.63. The Morgan fingerprint density at radius 1 is 1.20 bits per heavy atom. The minimum atomic E-state index is -0.309. The maximum Gasteiger partial charge on any atom is 0.263 e. The average molecular weight is 409 g/mol. The van der Waals surface area contributed by atoms with Gasteiger partial charge in [-0.2, -0.15) is 4.98 Å². The Morgan fingerprint density at radius 2 is 1.97 bits per heavy atom. The summed E-state index contributed by atoms with van der Waals surface area (Å²) in [5.41, 5.74) is 1.72. The van der Waals surface area contributed by atoms with Crippen molar-refractivity contribution in [2.75, 3.05) is 24.5 Å². The molecule has 0 radical (unpaired) electrons. The predicted octanol–water partition coefficient (Wildman–Crippen LogP) is 3.65. The monoisotopic (exact) mass is 409 g/mol. The van der Waals surface area contributed by atoms with Crippen molar-refractivity contribution < 1.29 is 13.7 Å². The van der Waals surface area contributed by atoms with Gasteiger partial charge in [0.1, 0.15) is 28.5 Å². The summed E-state index contributed by atoms with van der Waals surface area (Å²) in [6.45, 7) is 5.80. The molecule has 30 heavy (non-hydrogen) atoms. The van der Waals surface area contributed by atoms with Crippen LogP contribution < -0.4 is 10.2 Å². The third kappa shape index (κ3) is 4.32. The molecule has 1 fully saturated rings. The lowest BCUT2D eigenvalue weighted by Crippen LogP contribution is -2.30. The first-order valence-corrected chi connectivity index (χ1v) is 10.2. The van der Waals surface area contributed by atoms with E-state index in [9.17, 15) is 9.18 Å². The number of fused-ring (bicyclic) bond motifs is 1. The molecule has 1 aliphatic heterocycles. The summed E-state index contributed by atoms with van der Waals surface area (Å²) >= 11 is 0. The highest BCUT2D eigenvalue weighted by Crippen LogP contribution is 2.35. The summed E-state index contributed by atoms with van der Waals surface area (Å²) in [6, 6.07) is 6.13. The molecule has 7 nitrogen and oxygen atoms in total. The van der Waals surface area contributed by atoms with Crippen LogP contribution in [0.5, 0.6) is 0 Å². The first-order chi connectivity index (χ1) is 14.7. The highest BCUT2D eigenvalue weighted by Gasteiger charge is 2.24. The molecule has 0 aliphatic carbocycles. The van der Waals surface area contributed by atoms with Gasteiger partial charge < -0.3 is 14.7 Å². The van der Waals surface area contributed by atoms with Crippen molar-refractivity contribution in [3.8, 4) is 11.3 Å². The summed E-state index contributed by atoms with van der Waals surface area (Å²) in [5, 5.41) is 7.69. The summed E-state index contributed by atoms with van der Waals surface area (Å²) in [5.74, 6) is 0.916. The van der Waals surface area contributed by atoms with E-state index in [0.29, 0.717) is 30.2 Å². The number of halogens is 1. The number of nitrogens with zero attached hydrogens (tertiary/aromatic N) is 4. The molecule has 0 saturated carbocycles. The molecular weight excluding hydrogens is 385 g/mol. The van der Waals surface area contributed by atoms with Gasteiger partial charge in [0.05, 0.1) is 0 Å². The van der Waals surface area contributed by atoms with E-state index < -0.39 is 0 Å². The molecule has 4 rings (SSSR count). The first kappa shape index (κ1) is 20.0. The number of benzene rings is 1. The van der Waals surface area contributed by atoms with Gasteiger partial charge in [-0.25, -0.2) is 9.37 Å². The molecule has 3 heterocycles.